The Bertz CT molecular complexity index is 517. The van der Waals surface area contributed by atoms with Crippen LogP contribution in [0.15, 0.2) is 18.2 Å². The van der Waals surface area contributed by atoms with Crippen LogP contribution in [0.2, 0.25) is 0 Å². The molecule has 0 aromatic heterocycles. The molecule has 1 aliphatic carbocycles. The summed E-state index contributed by atoms with van der Waals surface area (Å²) in [6, 6.07) is 6.02. The molecule has 1 atom stereocenters. The van der Waals surface area contributed by atoms with E-state index in [4.69, 9.17) is 9.47 Å². The summed E-state index contributed by atoms with van der Waals surface area (Å²) in [5.41, 5.74) is 1.92. The van der Waals surface area contributed by atoms with Crippen LogP contribution in [0, 0.1) is 13.8 Å². The van der Waals surface area contributed by atoms with E-state index in [9.17, 15) is 9.59 Å². The van der Waals surface area contributed by atoms with Gasteiger partial charge in [-0.05, 0) is 44.7 Å². The smallest absolute Gasteiger partial charge is 0.344 e. The number of amides is 1. The van der Waals surface area contributed by atoms with Gasteiger partial charge in [0.05, 0.1) is 0 Å². The molecule has 114 valence electrons. The number of benzene rings is 1. The highest BCUT2D eigenvalue weighted by Gasteiger charge is 2.27. The van der Waals surface area contributed by atoms with Crippen molar-refractivity contribution in [2.45, 2.75) is 45.8 Å². The maximum Gasteiger partial charge on any atom is 0.344 e. The molecule has 1 N–H and O–H groups in total. The standard InChI is InChI=1S/C16H21NO4/c1-10-5-4-6-11(2)15(10)20-9-14(18)21-12(3)16(19)17-13-7-8-13/h4-6,12-13H,7-9H2,1-3H3,(H,17,19)/t12-/m0/s1. The molecule has 1 aromatic rings. The van der Waals surface area contributed by atoms with E-state index >= 15 is 0 Å². The maximum atomic E-state index is 11.7. The van der Waals surface area contributed by atoms with Crippen LogP contribution in [0.25, 0.3) is 0 Å². The number of aryl methyl sites for hydroxylation is 2. The summed E-state index contributed by atoms with van der Waals surface area (Å²) in [4.78, 5) is 23.4. The SMILES string of the molecule is Cc1cccc(C)c1OCC(=O)O[C@@H](C)C(=O)NC1CC1. The molecule has 0 saturated heterocycles. The minimum atomic E-state index is -0.792. The Balaban J connectivity index is 1.80. The maximum absolute atomic E-state index is 11.7. The van der Waals surface area contributed by atoms with E-state index in [0.717, 1.165) is 24.0 Å². The van der Waals surface area contributed by atoms with Gasteiger partial charge in [0, 0.05) is 6.04 Å². The fraction of sp³-hybridized carbons (Fsp3) is 0.500. The van der Waals surface area contributed by atoms with Gasteiger partial charge in [-0.15, -0.1) is 0 Å². The third kappa shape index (κ3) is 4.48. The molecule has 5 nitrogen and oxygen atoms in total. The molecule has 5 heteroatoms. The topological polar surface area (TPSA) is 64.6 Å². The van der Waals surface area contributed by atoms with Crippen molar-refractivity contribution in [3.8, 4) is 5.75 Å². The van der Waals surface area contributed by atoms with E-state index in [-0.39, 0.29) is 18.6 Å². The number of hydrogen-bond acceptors (Lipinski definition) is 4. The van der Waals surface area contributed by atoms with Gasteiger partial charge in [-0.25, -0.2) is 4.79 Å². The number of nitrogens with one attached hydrogen (secondary N) is 1. The minimum Gasteiger partial charge on any atom is -0.481 e. The zero-order chi connectivity index (χ0) is 15.4. The third-order valence-corrected chi connectivity index (χ3v) is 3.34. The lowest BCUT2D eigenvalue weighted by Gasteiger charge is -2.15. The van der Waals surface area contributed by atoms with Crippen molar-refractivity contribution in [2.24, 2.45) is 0 Å². The molecule has 1 fully saturated rings. The molecule has 0 heterocycles. The third-order valence-electron chi connectivity index (χ3n) is 3.34. The summed E-state index contributed by atoms with van der Waals surface area (Å²) >= 11 is 0. The second-order valence-electron chi connectivity index (χ2n) is 5.42. The van der Waals surface area contributed by atoms with Gasteiger partial charge in [0.1, 0.15) is 5.75 Å². The van der Waals surface area contributed by atoms with Crippen molar-refractivity contribution in [1.29, 1.82) is 0 Å². The van der Waals surface area contributed by atoms with Gasteiger partial charge in [0.25, 0.3) is 5.91 Å². The summed E-state index contributed by atoms with van der Waals surface area (Å²) in [6.07, 6.45) is 1.21. The molecule has 0 bridgehead atoms. The molecule has 0 unspecified atom stereocenters. The lowest BCUT2D eigenvalue weighted by molar-refractivity contribution is -0.156. The van der Waals surface area contributed by atoms with Crippen molar-refractivity contribution in [3.63, 3.8) is 0 Å². The van der Waals surface area contributed by atoms with Crippen LogP contribution < -0.4 is 10.1 Å². The van der Waals surface area contributed by atoms with Crippen LogP contribution in [0.3, 0.4) is 0 Å². The minimum absolute atomic E-state index is 0.202. The highest BCUT2D eigenvalue weighted by Crippen LogP contribution is 2.22. The first-order valence-electron chi connectivity index (χ1n) is 7.16. The van der Waals surface area contributed by atoms with Crippen LogP contribution in [0.4, 0.5) is 0 Å². The molecule has 2 rings (SSSR count). The van der Waals surface area contributed by atoms with Crippen molar-refractivity contribution in [1.82, 2.24) is 5.32 Å². The normalized spacial score (nSPS) is 15.2. The number of rotatable bonds is 6. The Hall–Kier alpha value is -2.04. The Kier molecular flexibility index (Phi) is 4.83. The molecule has 1 saturated carbocycles. The Morgan fingerprint density at radius 1 is 1.29 bits per heavy atom. The predicted molar refractivity (Wildman–Crippen MR) is 78.1 cm³/mol. The molecule has 1 aromatic carbocycles. The van der Waals surface area contributed by atoms with Gasteiger partial charge in [-0.2, -0.15) is 0 Å². The second kappa shape index (κ2) is 6.61. The molecule has 1 amide bonds. The van der Waals surface area contributed by atoms with Crippen molar-refractivity contribution < 1.29 is 19.1 Å². The van der Waals surface area contributed by atoms with E-state index in [1.54, 1.807) is 6.92 Å². The number of esters is 1. The molecule has 21 heavy (non-hydrogen) atoms. The summed E-state index contributed by atoms with van der Waals surface area (Å²) in [6.45, 7) is 5.19. The van der Waals surface area contributed by atoms with Crippen molar-refractivity contribution in [3.05, 3.63) is 29.3 Å². The fourth-order valence-electron chi connectivity index (χ4n) is 1.99. The summed E-state index contributed by atoms with van der Waals surface area (Å²) in [5, 5.41) is 2.79. The first-order valence-corrected chi connectivity index (χ1v) is 7.16. The van der Waals surface area contributed by atoms with Gasteiger partial charge in [0.15, 0.2) is 12.7 Å². The van der Waals surface area contributed by atoms with E-state index in [0.29, 0.717) is 5.75 Å². The number of ether oxygens (including phenoxy) is 2. The van der Waals surface area contributed by atoms with E-state index in [1.165, 1.54) is 0 Å². The highest BCUT2D eigenvalue weighted by molar-refractivity contribution is 5.84. The van der Waals surface area contributed by atoms with Crippen molar-refractivity contribution in [2.75, 3.05) is 6.61 Å². The van der Waals surface area contributed by atoms with Gasteiger partial charge in [-0.3, -0.25) is 4.79 Å². The molecule has 1 aliphatic rings. The number of para-hydroxylation sites is 1. The molecule has 0 radical (unpaired) electrons. The molecule has 0 spiro atoms. The van der Waals surface area contributed by atoms with Crippen LogP contribution in [0.5, 0.6) is 5.75 Å². The zero-order valence-corrected chi connectivity index (χ0v) is 12.6. The van der Waals surface area contributed by atoms with Crippen LogP contribution in [-0.2, 0) is 14.3 Å². The molecular formula is C16H21NO4. The van der Waals surface area contributed by atoms with Gasteiger partial charge < -0.3 is 14.8 Å². The van der Waals surface area contributed by atoms with Crippen LogP contribution >= 0.6 is 0 Å². The summed E-state index contributed by atoms with van der Waals surface area (Å²) in [7, 11) is 0. The predicted octanol–water partition coefficient (Wildman–Crippen LogP) is 1.89. The number of carbonyl (C=O) groups is 2. The average molecular weight is 291 g/mol. The van der Waals surface area contributed by atoms with Gasteiger partial charge in [-0.1, -0.05) is 18.2 Å². The monoisotopic (exact) mass is 291 g/mol. The van der Waals surface area contributed by atoms with Crippen molar-refractivity contribution >= 4 is 11.9 Å². The summed E-state index contributed by atoms with van der Waals surface area (Å²) in [5.74, 6) is -0.112. The van der Waals surface area contributed by atoms with E-state index in [2.05, 4.69) is 5.32 Å². The lowest BCUT2D eigenvalue weighted by atomic mass is 10.1. The first kappa shape index (κ1) is 15.4. The summed E-state index contributed by atoms with van der Waals surface area (Å²) < 4.78 is 10.6. The average Bonchev–Trinajstić information content (AvgIpc) is 3.22. The quantitative estimate of drug-likeness (QED) is 0.813. The molecule has 0 aliphatic heterocycles. The number of hydrogen-bond donors (Lipinski definition) is 1. The molecular weight excluding hydrogens is 270 g/mol. The van der Waals surface area contributed by atoms with Gasteiger partial charge in [0.2, 0.25) is 0 Å². The van der Waals surface area contributed by atoms with Crippen LogP contribution in [-0.4, -0.2) is 30.6 Å². The second-order valence-corrected chi connectivity index (χ2v) is 5.42. The van der Waals surface area contributed by atoms with Gasteiger partial charge >= 0.3 is 5.97 Å². The fourth-order valence-corrected chi connectivity index (χ4v) is 1.99. The van der Waals surface area contributed by atoms with E-state index < -0.39 is 12.1 Å². The van der Waals surface area contributed by atoms with E-state index in [1.807, 2.05) is 32.0 Å². The first-order chi connectivity index (χ1) is 9.97. The number of carbonyl (C=O) groups excluding carboxylic acids is 2. The Morgan fingerprint density at radius 3 is 2.48 bits per heavy atom. The Morgan fingerprint density at radius 2 is 1.90 bits per heavy atom. The Labute approximate surface area is 124 Å². The zero-order valence-electron chi connectivity index (χ0n) is 12.6. The highest BCUT2D eigenvalue weighted by atomic mass is 16.6. The lowest BCUT2D eigenvalue weighted by Crippen LogP contribution is -2.37. The van der Waals surface area contributed by atoms with Crippen LogP contribution in [0.1, 0.15) is 30.9 Å². The largest absolute Gasteiger partial charge is 0.481 e.